The average molecular weight is 373 g/mol. The number of hydrogen-bond donors (Lipinski definition) is 0. The van der Waals surface area contributed by atoms with Gasteiger partial charge in [0, 0.05) is 32.4 Å². The molecule has 0 unspecified atom stereocenters. The number of rotatable bonds is 3. The van der Waals surface area contributed by atoms with Gasteiger partial charge in [0.15, 0.2) is 6.29 Å². The maximum Gasteiger partial charge on any atom is 0.151 e. The molecule has 3 rings (SSSR count). The molecule has 0 aliphatic rings. The molecule has 2 aromatic carbocycles. The number of halogens is 2. The second kappa shape index (κ2) is 6.42. The smallest absolute Gasteiger partial charge is 0.151 e. The summed E-state index contributed by atoms with van der Waals surface area (Å²) in [5.74, 6) is 0. The fraction of sp³-hybridized carbons (Fsp3) is 0. The van der Waals surface area contributed by atoms with Crippen molar-refractivity contribution < 1.29 is 4.79 Å². The lowest BCUT2D eigenvalue weighted by Crippen LogP contribution is -1.92. The van der Waals surface area contributed by atoms with Crippen LogP contribution in [0.4, 0.5) is 0 Å². The maximum atomic E-state index is 10.9. The summed E-state index contributed by atoms with van der Waals surface area (Å²) in [6.07, 6.45) is 2.35. The van der Waals surface area contributed by atoms with E-state index in [1.54, 1.807) is 12.3 Å². The first-order valence-corrected chi connectivity index (χ1v) is 7.83. The van der Waals surface area contributed by atoms with Crippen molar-refractivity contribution in [2.24, 2.45) is 0 Å². The standard InChI is InChI=1S/C18H11BrClNO/c19-16-9-12(11-22)10-21-18(16)15-7-2-1-5-13(15)14-6-3-4-8-17(14)20/h1-11H. The first kappa shape index (κ1) is 14.9. The highest BCUT2D eigenvalue weighted by Crippen LogP contribution is 2.37. The van der Waals surface area contributed by atoms with Crippen LogP contribution in [-0.2, 0) is 0 Å². The summed E-state index contributed by atoms with van der Waals surface area (Å²) in [5, 5.41) is 0.690. The monoisotopic (exact) mass is 371 g/mol. The van der Waals surface area contributed by atoms with Crippen LogP contribution in [0.2, 0.25) is 5.02 Å². The Kier molecular flexibility index (Phi) is 4.36. The van der Waals surface area contributed by atoms with Crippen molar-refractivity contribution in [3.63, 3.8) is 0 Å². The molecule has 0 N–H and O–H groups in total. The SMILES string of the molecule is O=Cc1cnc(-c2ccccc2-c2ccccc2Cl)c(Br)c1. The highest BCUT2D eigenvalue weighted by Gasteiger charge is 2.13. The van der Waals surface area contributed by atoms with Crippen LogP contribution in [0.1, 0.15) is 10.4 Å². The Balaban J connectivity index is 2.21. The van der Waals surface area contributed by atoms with Crippen LogP contribution in [0.25, 0.3) is 22.4 Å². The highest BCUT2D eigenvalue weighted by molar-refractivity contribution is 9.10. The molecule has 2 nitrogen and oxygen atoms in total. The average Bonchev–Trinajstić information content (AvgIpc) is 2.55. The largest absolute Gasteiger partial charge is 0.298 e. The third-order valence-electron chi connectivity index (χ3n) is 3.34. The van der Waals surface area contributed by atoms with Gasteiger partial charge < -0.3 is 0 Å². The van der Waals surface area contributed by atoms with Crippen LogP contribution in [0.15, 0.2) is 65.3 Å². The molecule has 0 saturated heterocycles. The summed E-state index contributed by atoms with van der Waals surface area (Å²) in [5.41, 5.74) is 4.22. The molecule has 0 atom stereocenters. The van der Waals surface area contributed by atoms with E-state index in [4.69, 9.17) is 11.6 Å². The van der Waals surface area contributed by atoms with E-state index in [0.717, 1.165) is 33.1 Å². The van der Waals surface area contributed by atoms with Crippen LogP contribution < -0.4 is 0 Å². The molecule has 108 valence electrons. The van der Waals surface area contributed by atoms with Gasteiger partial charge in [-0.3, -0.25) is 9.78 Å². The summed E-state index contributed by atoms with van der Waals surface area (Å²) < 4.78 is 0.775. The third kappa shape index (κ3) is 2.82. The molecule has 22 heavy (non-hydrogen) atoms. The van der Waals surface area contributed by atoms with Crippen molar-refractivity contribution in [1.82, 2.24) is 4.98 Å². The van der Waals surface area contributed by atoms with Gasteiger partial charge in [-0.25, -0.2) is 0 Å². The maximum absolute atomic E-state index is 10.9. The number of hydrogen-bond acceptors (Lipinski definition) is 2. The van der Waals surface area contributed by atoms with Crippen LogP contribution >= 0.6 is 27.5 Å². The molecule has 0 spiro atoms. The minimum atomic E-state index is 0.533. The topological polar surface area (TPSA) is 30.0 Å². The van der Waals surface area contributed by atoms with Crippen LogP contribution in [-0.4, -0.2) is 11.3 Å². The van der Waals surface area contributed by atoms with E-state index >= 15 is 0 Å². The van der Waals surface area contributed by atoms with Gasteiger partial charge in [-0.2, -0.15) is 0 Å². The zero-order valence-electron chi connectivity index (χ0n) is 11.5. The van der Waals surface area contributed by atoms with Gasteiger partial charge in [-0.05, 0) is 33.6 Å². The first-order valence-electron chi connectivity index (χ1n) is 6.65. The summed E-state index contributed by atoms with van der Waals surface area (Å²) >= 11 is 9.82. The molecule has 0 saturated carbocycles. The predicted octanol–water partition coefficient (Wildman–Crippen LogP) is 5.64. The molecule has 0 radical (unpaired) electrons. The van der Waals surface area contributed by atoms with Crippen molar-refractivity contribution in [2.75, 3.05) is 0 Å². The number of aldehydes is 1. The number of pyridine rings is 1. The van der Waals surface area contributed by atoms with Gasteiger partial charge >= 0.3 is 0 Å². The molecule has 1 heterocycles. The molecule has 3 aromatic rings. The van der Waals surface area contributed by atoms with E-state index in [1.807, 2.05) is 48.5 Å². The molecule has 4 heteroatoms. The van der Waals surface area contributed by atoms with Gasteiger partial charge in [0.1, 0.15) is 0 Å². The van der Waals surface area contributed by atoms with Crippen molar-refractivity contribution in [3.05, 3.63) is 75.9 Å². The Morgan fingerprint density at radius 3 is 2.23 bits per heavy atom. The number of aromatic nitrogens is 1. The summed E-state index contributed by atoms with van der Waals surface area (Å²) in [7, 11) is 0. The van der Waals surface area contributed by atoms with Gasteiger partial charge in [0.05, 0.1) is 5.69 Å². The van der Waals surface area contributed by atoms with E-state index in [0.29, 0.717) is 10.6 Å². The zero-order valence-corrected chi connectivity index (χ0v) is 13.8. The van der Waals surface area contributed by atoms with Gasteiger partial charge in [0.25, 0.3) is 0 Å². The molecular formula is C18H11BrClNO. The molecule has 0 aliphatic carbocycles. The number of nitrogens with zero attached hydrogens (tertiary/aromatic N) is 1. The summed E-state index contributed by atoms with van der Waals surface area (Å²) in [6, 6.07) is 17.4. The van der Waals surface area contributed by atoms with Crippen molar-refractivity contribution in [2.45, 2.75) is 0 Å². The fourth-order valence-corrected chi connectivity index (χ4v) is 3.14. The Morgan fingerprint density at radius 1 is 0.955 bits per heavy atom. The van der Waals surface area contributed by atoms with Crippen molar-refractivity contribution in [1.29, 1.82) is 0 Å². The molecule has 0 amide bonds. The molecule has 0 fully saturated rings. The minimum absolute atomic E-state index is 0.533. The van der Waals surface area contributed by atoms with Gasteiger partial charge in [-0.15, -0.1) is 0 Å². The van der Waals surface area contributed by atoms with E-state index in [-0.39, 0.29) is 0 Å². The lowest BCUT2D eigenvalue weighted by Gasteiger charge is -2.12. The lowest BCUT2D eigenvalue weighted by molar-refractivity contribution is 0.112. The Hall–Kier alpha value is -1.97. The molecular weight excluding hydrogens is 362 g/mol. The number of benzene rings is 2. The van der Waals surface area contributed by atoms with Crippen LogP contribution in [0, 0.1) is 0 Å². The predicted molar refractivity (Wildman–Crippen MR) is 93.2 cm³/mol. The molecule has 1 aromatic heterocycles. The Labute approximate surface area is 141 Å². The van der Waals surface area contributed by atoms with Crippen LogP contribution in [0.3, 0.4) is 0 Å². The van der Waals surface area contributed by atoms with E-state index < -0.39 is 0 Å². The third-order valence-corrected chi connectivity index (χ3v) is 4.28. The Bertz CT molecular complexity index is 848. The number of carbonyl (C=O) groups is 1. The Morgan fingerprint density at radius 2 is 1.59 bits per heavy atom. The van der Waals surface area contributed by atoms with E-state index in [9.17, 15) is 4.79 Å². The minimum Gasteiger partial charge on any atom is -0.298 e. The molecule has 0 bridgehead atoms. The van der Waals surface area contributed by atoms with E-state index in [2.05, 4.69) is 20.9 Å². The second-order valence-corrected chi connectivity index (χ2v) is 6.00. The van der Waals surface area contributed by atoms with Gasteiger partial charge in [0.2, 0.25) is 0 Å². The number of carbonyl (C=O) groups excluding carboxylic acids is 1. The van der Waals surface area contributed by atoms with Crippen LogP contribution in [0.5, 0.6) is 0 Å². The summed E-state index contributed by atoms with van der Waals surface area (Å²) in [4.78, 5) is 15.3. The second-order valence-electron chi connectivity index (χ2n) is 4.74. The van der Waals surface area contributed by atoms with Crippen molar-refractivity contribution >= 4 is 33.8 Å². The fourth-order valence-electron chi connectivity index (χ4n) is 2.32. The molecule has 0 aliphatic heterocycles. The normalized spacial score (nSPS) is 10.5. The lowest BCUT2D eigenvalue weighted by atomic mass is 9.97. The summed E-state index contributed by atoms with van der Waals surface area (Å²) in [6.45, 7) is 0. The zero-order chi connectivity index (χ0) is 15.5. The van der Waals surface area contributed by atoms with Crippen molar-refractivity contribution in [3.8, 4) is 22.4 Å². The first-order chi connectivity index (χ1) is 10.7. The quantitative estimate of drug-likeness (QED) is 0.557. The van der Waals surface area contributed by atoms with E-state index in [1.165, 1.54) is 0 Å². The van der Waals surface area contributed by atoms with Gasteiger partial charge in [-0.1, -0.05) is 54.1 Å². The highest BCUT2D eigenvalue weighted by atomic mass is 79.9.